The summed E-state index contributed by atoms with van der Waals surface area (Å²) < 4.78 is 0. The molecule has 4 heteroatoms. The van der Waals surface area contributed by atoms with Crippen molar-refractivity contribution in [2.45, 2.75) is 25.7 Å². The summed E-state index contributed by atoms with van der Waals surface area (Å²) in [5.41, 5.74) is 0. The van der Waals surface area contributed by atoms with E-state index in [0.717, 1.165) is 24.6 Å². The first-order valence-corrected chi connectivity index (χ1v) is 5.18. The van der Waals surface area contributed by atoms with Gasteiger partial charge in [-0.15, -0.1) is 0 Å². The standard InChI is InChI=1S/C9H10Cl2N2/c10-7-5-8(11)13-9(12-7)4-3-6-1-2-6/h5-6H,1-4H2. The van der Waals surface area contributed by atoms with E-state index in [4.69, 9.17) is 23.2 Å². The van der Waals surface area contributed by atoms with Crippen LogP contribution in [0.4, 0.5) is 0 Å². The van der Waals surface area contributed by atoms with Crippen LogP contribution in [-0.4, -0.2) is 9.97 Å². The Morgan fingerprint density at radius 3 is 2.38 bits per heavy atom. The van der Waals surface area contributed by atoms with Gasteiger partial charge in [-0.3, -0.25) is 0 Å². The van der Waals surface area contributed by atoms with Gasteiger partial charge >= 0.3 is 0 Å². The fourth-order valence-electron chi connectivity index (χ4n) is 1.29. The fourth-order valence-corrected chi connectivity index (χ4v) is 1.74. The van der Waals surface area contributed by atoms with Crippen molar-refractivity contribution in [2.75, 3.05) is 0 Å². The first-order valence-electron chi connectivity index (χ1n) is 4.43. The lowest BCUT2D eigenvalue weighted by Gasteiger charge is -1.99. The van der Waals surface area contributed by atoms with Gasteiger partial charge in [-0.1, -0.05) is 36.0 Å². The van der Waals surface area contributed by atoms with Crippen molar-refractivity contribution in [2.24, 2.45) is 5.92 Å². The first-order chi connectivity index (χ1) is 6.24. The maximum absolute atomic E-state index is 5.75. The first kappa shape index (κ1) is 9.22. The van der Waals surface area contributed by atoms with Gasteiger partial charge < -0.3 is 0 Å². The molecule has 0 unspecified atom stereocenters. The van der Waals surface area contributed by atoms with Gasteiger partial charge in [-0.2, -0.15) is 0 Å². The third kappa shape index (κ3) is 2.82. The van der Waals surface area contributed by atoms with Gasteiger partial charge in [0.2, 0.25) is 0 Å². The van der Waals surface area contributed by atoms with Crippen molar-refractivity contribution in [3.05, 3.63) is 22.2 Å². The Balaban J connectivity index is 2.01. The molecule has 0 saturated heterocycles. The minimum atomic E-state index is 0.436. The number of aryl methyl sites for hydroxylation is 1. The van der Waals surface area contributed by atoms with Gasteiger partial charge in [0.25, 0.3) is 0 Å². The fraction of sp³-hybridized carbons (Fsp3) is 0.556. The molecule has 1 fully saturated rings. The Bertz CT molecular complexity index is 290. The van der Waals surface area contributed by atoms with E-state index in [0.29, 0.717) is 10.3 Å². The zero-order valence-corrected chi connectivity index (χ0v) is 8.65. The summed E-state index contributed by atoms with van der Waals surface area (Å²) in [7, 11) is 0. The van der Waals surface area contributed by atoms with Crippen molar-refractivity contribution in [3.8, 4) is 0 Å². The summed E-state index contributed by atoms with van der Waals surface area (Å²) >= 11 is 11.5. The van der Waals surface area contributed by atoms with E-state index in [-0.39, 0.29) is 0 Å². The number of nitrogens with zero attached hydrogens (tertiary/aromatic N) is 2. The predicted molar refractivity (Wildman–Crippen MR) is 53.1 cm³/mol. The number of hydrogen-bond acceptors (Lipinski definition) is 2. The van der Waals surface area contributed by atoms with Crippen LogP contribution in [0.3, 0.4) is 0 Å². The predicted octanol–water partition coefficient (Wildman–Crippen LogP) is 3.13. The van der Waals surface area contributed by atoms with Gasteiger partial charge in [0.05, 0.1) is 0 Å². The van der Waals surface area contributed by atoms with Crippen molar-refractivity contribution in [1.29, 1.82) is 0 Å². The second-order valence-corrected chi connectivity index (χ2v) is 4.19. The molecule has 0 bridgehead atoms. The number of halogens is 2. The minimum absolute atomic E-state index is 0.436. The highest BCUT2D eigenvalue weighted by atomic mass is 35.5. The molecule has 2 nitrogen and oxygen atoms in total. The normalized spacial score (nSPS) is 16.2. The summed E-state index contributed by atoms with van der Waals surface area (Å²) in [4.78, 5) is 8.21. The molecule has 0 amide bonds. The third-order valence-electron chi connectivity index (χ3n) is 2.18. The Morgan fingerprint density at radius 2 is 1.85 bits per heavy atom. The zero-order chi connectivity index (χ0) is 9.26. The van der Waals surface area contributed by atoms with Gasteiger partial charge in [-0.25, -0.2) is 9.97 Å². The maximum Gasteiger partial charge on any atom is 0.134 e. The highest BCUT2D eigenvalue weighted by Gasteiger charge is 2.21. The molecule has 13 heavy (non-hydrogen) atoms. The molecular weight excluding hydrogens is 207 g/mol. The lowest BCUT2D eigenvalue weighted by molar-refractivity contribution is 0.697. The van der Waals surface area contributed by atoms with E-state index in [1.165, 1.54) is 12.8 Å². The number of rotatable bonds is 3. The van der Waals surface area contributed by atoms with E-state index in [2.05, 4.69) is 9.97 Å². The molecule has 1 aromatic heterocycles. The van der Waals surface area contributed by atoms with Crippen LogP contribution in [0.2, 0.25) is 10.3 Å². The van der Waals surface area contributed by atoms with E-state index in [9.17, 15) is 0 Å². The second kappa shape index (κ2) is 3.81. The molecular formula is C9H10Cl2N2. The topological polar surface area (TPSA) is 25.8 Å². The molecule has 0 N–H and O–H groups in total. The summed E-state index contributed by atoms with van der Waals surface area (Å²) in [6, 6.07) is 1.56. The molecule has 1 aromatic rings. The Morgan fingerprint density at radius 1 is 1.23 bits per heavy atom. The smallest absolute Gasteiger partial charge is 0.134 e. The lowest BCUT2D eigenvalue weighted by atomic mass is 10.2. The van der Waals surface area contributed by atoms with E-state index >= 15 is 0 Å². The molecule has 0 aliphatic heterocycles. The molecule has 0 radical (unpaired) electrons. The van der Waals surface area contributed by atoms with Gasteiger partial charge in [-0.05, 0) is 12.3 Å². The van der Waals surface area contributed by atoms with Crippen LogP contribution in [0.5, 0.6) is 0 Å². The molecule has 70 valence electrons. The van der Waals surface area contributed by atoms with E-state index in [1.54, 1.807) is 6.07 Å². The number of aromatic nitrogens is 2. The largest absolute Gasteiger partial charge is 0.221 e. The number of hydrogen-bond donors (Lipinski definition) is 0. The van der Waals surface area contributed by atoms with Gasteiger partial charge in [0.1, 0.15) is 16.1 Å². The second-order valence-electron chi connectivity index (χ2n) is 3.41. The minimum Gasteiger partial charge on any atom is -0.221 e. The van der Waals surface area contributed by atoms with Crippen LogP contribution in [0.15, 0.2) is 6.07 Å². The van der Waals surface area contributed by atoms with Crippen LogP contribution in [0.25, 0.3) is 0 Å². The van der Waals surface area contributed by atoms with Crippen molar-refractivity contribution in [3.63, 3.8) is 0 Å². The van der Waals surface area contributed by atoms with Crippen molar-refractivity contribution in [1.82, 2.24) is 9.97 Å². The molecule has 0 spiro atoms. The van der Waals surface area contributed by atoms with Crippen LogP contribution < -0.4 is 0 Å². The van der Waals surface area contributed by atoms with Crippen LogP contribution in [0, 0.1) is 5.92 Å². The van der Waals surface area contributed by atoms with E-state index in [1.807, 2.05) is 0 Å². The third-order valence-corrected chi connectivity index (χ3v) is 2.57. The monoisotopic (exact) mass is 216 g/mol. The van der Waals surface area contributed by atoms with Crippen LogP contribution in [-0.2, 0) is 6.42 Å². The Hall–Kier alpha value is -0.340. The maximum atomic E-state index is 5.75. The van der Waals surface area contributed by atoms with E-state index < -0.39 is 0 Å². The lowest BCUT2D eigenvalue weighted by Crippen LogP contribution is -1.96. The quantitative estimate of drug-likeness (QED) is 0.727. The molecule has 1 saturated carbocycles. The summed E-state index contributed by atoms with van der Waals surface area (Å²) in [6.07, 6.45) is 4.77. The van der Waals surface area contributed by atoms with Crippen molar-refractivity contribution < 1.29 is 0 Å². The summed E-state index contributed by atoms with van der Waals surface area (Å²) in [5, 5.41) is 0.872. The summed E-state index contributed by atoms with van der Waals surface area (Å²) in [5.74, 6) is 1.66. The highest BCUT2D eigenvalue weighted by Crippen LogP contribution is 2.33. The van der Waals surface area contributed by atoms with Crippen molar-refractivity contribution >= 4 is 23.2 Å². The molecule has 2 rings (SSSR count). The highest BCUT2D eigenvalue weighted by molar-refractivity contribution is 6.33. The summed E-state index contributed by atoms with van der Waals surface area (Å²) in [6.45, 7) is 0. The molecule has 0 aromatic carbocycles. The molecule has 1 aliphatic rings. The average Bonchev–Trinajstić information content (AvgIpc) is 2.81. The zero-order valence-electron chi connectivity index (χ0n) is 7.13. The average molecular weight is 217 g/mol. The van der Waals surface area contributed by atoms with Gasteiger partial charge in [0.15, 0.2) is 0 Å². The van der Waals surface area contributed by atoms with Gasteiger partial charge in [0, 0.05) is 12.5 Å². The Labute approximate surface area is 87.3 Å². The SMILES string of the molecule is Clc1cc(Cl)nc(CCC2CC2)n1. The molecule has 0 atom stereocenters. The van der Waals surface area contributed by atoms with Crippen LogP contribution >= 0.6 is 23.2 Å². The Kier molecular flexibility index (Phi) is 2.70. The van der Waals surface area contributed by atoms with Crippen LogP contribution in [0.1, 0.15) is 25.1 Å². The molecule has 1 heterocycles. The molecule has 1 aliphatic carbocycles.